The summed E-state index contributed by atoms with van der Waals surface area (Å²) in [6.07, 6.45) is 0.764. The Kier molecular flexibility index (Phi) is 6.96. The number of Topliss-reactive ketones (excluding diaryl/α,β-unsaturated/α-hetero) is 1. The molecule has 0 heterocycles. The molecule has 0 spiro atoms. The van der Waals surface area contributed by atoms with E-state index in [2.05, 4.69) is 24.1 Å². The smallest absolute Gasteiger partial charge is 0.231 e. The molecule has 0 atom stereocenters. The van der Waals surface area contributed by atoms with Crippen molar-refractivity contribution in [3.8, 4) is 6.07 Å². The molecule has 1 rings (SSSR count). The van der Waals surface area contributed by atoms with Gasteiger partial charge in [-0.3, -0.25) is 9.59 Å². The van der Waals surface area contributed by atoms with Crippen molar-refractivity contribution in [1.29, 1.82) is 5.26 Å². The number of nitriles is 1. The largest absolute Gasteiger partial charge is 0.372 e. The number of carbonyl (C=O) groups is 2. The van der Waals surface area contributed by atoms with E-state index in [0.29, 0.717) is 6.42 Å². The van der Waals surface area contributed by atoms with Crippen LogP contribution in [-0.4, -0.2) is 24.8 Å². The number of amides is 1. The first-order valence-electron chi connectivity index (χ1n) is 7.18. The highest BCUT2D eigenvalue weighted by atomic mass is 16.1. The Morgan fingerprint density at radius 3 is 2.57 bits per heavy atom. The second kappa shape index (κ2) is 8.75. The molecule has 21 heavy (non-hydrogen) atoms. The van der Waals surface area contributed by atoms with E-state index in [0.717, 1.165) is 24.5 Å². The molecule has 0 saturated carbocycles. The lowest BCUT2D eigenvalue weighted by Gasteiger charge is -2.21. The summed E-state index contributed by atoms with van der Waals surface area (Å²) in [5.74, 6) is -0.622. The van der Waals surface area contributed by atoms with Gasteiger partial charge < -0.3 is 10.2 Å². The maximum atomic E-state index is 11.8. The zero-order valence-corrected chi connectivity index (χ0v) is 12.6. The van der Waals surface area contributed by atoms with Crippen LogP contribution in [0.15, 0.2) is 24.3 Å². The van der Waals surface area contributed by atoms with Crippen molar-refractivity contribution in [3.05, 3.63) is 24.3 Å². The molecule has 0 aromatic heterocycles. The number of rotatable bonds is 8. The Morgan fingerprint density at radius 2 is 1.95 bits per heavy atom. The maximum absolute atomic E-state index is 11.8. The van der Waals surface area contributed by atoms with Gasteiger partial charge in [0.05, 0.1) is 0 Å². The van der Waals surface area contributed by atoms with Gasteiger partial charge in [0.1, 0.15) is 6.07 Å². The van der Waals surface area contributed by atoms with Gasteiger partial charge >= 0.3 is 0 Å². The molecule has 0 aliphatic carbocycles. The summed E-state index contributed by atoms with van der Waals surface area (Å²) in [5, 5.41) is 11.2. The minimum absolute atomic E-state index is 0.128. The number of carbonyl (C=O) groups excluding carboxylic acids is 2. The molecule has 0 radical (unpaired) electrons. The van der Waals surface area contributed by atoms with Crippen molar-refractivity contribution in [2.75, 3.05) is 23.3 Å². The normalized spacial score (nSPS) is 9.76. The van der Waals surface area contributed by atoms with Crippen LogP contribution in [-0.2, 0) is 9.59 Å². The van der Waals surface area contributed by atoms with Crippen LogP contribution in [0.5, 0.6) is 0 Å². The maximum Gasteiger partial charge on any atom is 0.231 e. The predicted octanol–water partition coefficient (Wildman–Crippen LogP) is 2.73. The average Bonchev–Trinajstić information content (AvgIpc) is 2.48. The number of ketones is 1. The van der Waals surface area contributed by atoms with Crippen molar-refractivity contribution >= 4 is 23.1 Å². The fourth-order valence-corrected chi connectivity index (χ4v) is 2.06. The topological polar surface area (TPSA) is 73.2 Å². The second-order valence-electron chi connectivity index (χ2n) is 4.66. The average molecular weight is 287 g/mol. The molecule has 0 aliphatic heterocycles. The number of benzene rings is 1. The van der Waals surface area contributed by atoms with Crippen molar-refractivity contribution in [3.63, 3.8) is 0 Å². The lowest BCUT2D eigenvalue weighted by atomic mass is 10.2. The van der Waals surface area contributed by atoms with Gasteiger partial charge in [0.15, 0.2) is 0 Å². The summed E-state index contributed by atoms with van der Waals surface area (Å²) in [7, 11) is 0. The Hall–Kier alpha value is -2.35. The van der Waals surface area contributed by atoms with Gasteiger partial charge in [-0.25, -0.2) is 0 Å². The molecule has 0 saturated heterocycles. The Balaban J connectivity index is 2.55. The molecular weight excluding hydrogens is 266 g/mol. The molecule has 1 aromatic carbocycles. The zero-order chi connectivity index (χ0) is 15.7. The van der Waals surface area contributed by atoms with E-state index in [9.17, 15) is 9.59 Å². The summed E-state index contributed by atoms with van der Waals surface area (Å²) >= 11 is 0. The summed E-state index contributed by atoms with van der Waals surface area (Å²) in [6.45, 7) is 5.98. The standard InChI is InChI=1S/C16H21N3O2/c1-3-19(4-2)14-8-5-7-13(11-14)18-16(21)10-6-9-15(20)12-17/h5,7-8,11H,3-4,6,9-10H2,1-2H3,(H,18,21). The van der Waals surface area contributed by atoms with E-state index >= 15 is 0 Å². The van der Waals surface area contributed by atoms with Crippen molar-refractivity contribution < 1.29 is 9.59 Å². The third-order valence-corrected chi connectivity index (χ3v) is 3.19. The van der Waals surface area contributed by atoms with E-state index in [1.54, 1.807) is 6.07 Å². The van der Waals surface area contributed by atoms with Gasteiger partial charge in [0.2, 0.25) is 11.7 Å². The van der Waals surface area contributed by atoms with Crippen molar-refractivity contribution in [2.24, 2.45) is 0 Å². The fraction of sp³-hybridized carbons (Fsp3) is 0.438. The van der Waals surface area contributed by atoms with E-state index in [1.807, 2.05) is 24.3 Å². The predicted molar refractivity (Wildman–Crippen MR) is 83.1 cm³/mol. The fourth-order valence-electron chi connectivity index (χ4n) is 2.06. The number of hydrogen-bond donors (Lipinski definition) is 1. The van der Waals surface area contributed by atoms with Crippen molar-refractivity contribution in [1.82, 2.24) is 0 Å². The Morgan fingerprint density at radius 1 is 1.24 bits per heavy atom. The third-order valence-electron chi connectivity index (χ3n) is 3.19. The van der Waals surface area contributed by atoms with Crippen LogP contribution >= 0.6 is 0 Å². The Labute approximate surface area is 125 Å². The van der Waals surface area contributed by atoms with Gasteiger partial charge in [0.25, 0.3) is 0 Å². The van der Waals surface area contributed by atoms with Gasteiger partial charge in [-0.15, -0.1) is 0 Å². The molecule has 112 valence electrons. The molecule has 1 N–H and O–H groups in total. The monoisotopic (exact) mass is 287 g/mol. The quantitative estimate of drug-likeness (QED) is 0.746. The van der Waals surface area contributed by atoms with E-state index in [-0.39, 0.29) is 18.7 Å². The number of anilines is 2. The van der Waals surface area contributed by atoms with E-state index in [1.165, 1.54) is 0 Å². The Bertz CT molecular complexity index is 531. The summed E-state index contributed by atoms with van der Waals surface area (Å²) < 4.78 is 0. The molecule has 1 amide bonds. The van der Waals surface area contributed by atoms with Crippen molar-refractivity contribution in [2.45, 2.75) is 33.1 Å². The molecule has 1 aromatic rings. The summed E-state index contributed by atoms with van der Waals surface area (Å²) in [5.41, 5.74) is 1.81. The first-order valence-corrected chi connectivity index (χ1v) is 7.18. The molecule has 5 heteroatoms. The zero-order valence-electron chi connectivity index (χ0n) is 12.6. The minimum atomic E-state index is -0.480. The minimum Gasteiger partial charge on any atom is -0.372 e. The molecule has 0 unspecified atom stereocenters. The molecule has 0 aliphatic rings. The lowest BCUT2D eigenvalue weighted by Crippen LogP contribution is -2.22. The molecule has 0 fully saturated rings. The number of nitrogens with zero attached hydrogens (tertiary/aromatic N) is 2. The van der Waals surface area contributed by atoms with Gasteiger partial charge in [0, 0.05) is 37.3 Å². The van der Waals surface area contributed by atoms with E-state index in [4.69, 9.17) is 5.26 Å². The highest BCUT2D eigenvalue weighted by molar-refractivity contribution is 5.94. The molecular formula is C16H21N3O2. The second-order valence-corrected chi connectivity index (χ2v) is 4.66. The highest BCUT2D eigenvalue weighted by Gasteiger charge is 2.07. The summed E-state index contributed by atoms with van der Waals surface area (Å²) in [6, 6.07) is 9.23. The van der Waals surface area contributed by atoms with Crippen LogP contribution in [0.25, 0.3) is 0 Å². The van der Waals surface area contributed by atoms with Gasteiger partial charge in [-0.1, -0.05) is 6.07 Å². The van der Waals surface area contributed by atoms with Crippen LogP contribution < -0.4 is 10.2 Å². The first kappa shape index (κ1) is 16.7. The first-order chi connectivity index (χ1) is 10.1. The van der Waals surface area contributed by atoms with Crippen LogP contribution in [0, 0.1) is 11.3 Å². The van der Waals surface area contributed by atoms with E-state index < -0.39 is 5.78 Å². The number of hydrogen-bond acceptors (Lipinski definition) is 4. The lowest BCUT2D eigenvalue weighted by molar-refractivity contribution is -0.116. The molecule has 5 nitrogen and oxygen atoms in total. The molecule has 0 bridgehead atoms. The van der Waals surface area contributed by atoms with Gasteiger partial charge in [-0.05, 0) is 38.5 Å². The van der Waals surface area contributed by atoms with Crippen LogP contribution in [0.3, 0.4) is 0 Å². The highest BCUT2D eigenvalue weighted by Crippen LogP contribution is 2.19. The van der Waals surface area contributed by atoms with Gasteiger partial charge in [-0.2, -0.15) is 5.26 Å². The number of nitrogens with one attached hydrogen (secondary N) is 1. The summed E-state index contributed by atoms with van der Waals surface area (Å²) in [4.78, 5) is 24.8. The van der Waals surface area contributed by atoms with Crippen LogP contribution in [0.2, 0.25) is 0 Å². The SMILES string of the molecule is CCN(CC)c1cccc(NC(=O)CCCC(=O)C#N)c1. The van der Waals surface area contributed by atoms with Crippen LogP contribution in [0.4, 0.5) is 11.4 Å². The van der Waals surface area contributed by atoms with Crippen LogP contribution in [0.1, 0.15) is 33.1 Å². The third kappa shape index (κ3) is 5.65.